The number of amides is 1. The summed E-state index contributed by atoms with van der Waals surface area (Å²) in [5.41, 5.74) is 2.72. The minimum absolute atomic E-state index is 0.0480. The normalized spacial score (nSPS) is 13.5. The highest BCUT2D eigenvalue weighted by Crippen LogP contribution is 2.29. The second kappa shape index (κ2) is 5.76. The van der Waals surface area contributed by atoms with Gasteiger partial charge in [-0.15, -0.1) is 0 Å². The molecule has 0 aliphatic carbocycles. The molecule has 6 heteroatoms. The van der Waals surface area contributed by atoms with Crippen molar-refractivity contribution < 1.29 is 9.18 Å². The van der Waals surface area contributed by atoms with E-state index in [4.69, 9.17) is 11.6 Å². The third-order valence-electron chi connectivity index (χ3n) is 4.13. The van der Waals surface area contributed by atoms with Crippen molar-refractivity contribution in [1.29, 1.82) is 0 Å². The Balaban J connectivity index is 1.85. The topological polar surface area (TPSA) is 46.9 Å². The smallest absolute Gasteiger partial charge is 0.251 e. The molecule has 0 saturated heterocycles. The molecular formula is C18H13ClFN3O. The Morgan fingerprint density at radius 3 is 2.96 bits per heavy atom. The lowest BCUT2D eigenvalue weighted by atomic mass is 9.99. The van der Waals surface area contributed by atoms with E-state index < -0.39 is 5.82 Å². The summed E-state index contributed by atoms with van der Waals surface area (Å²) in [6.45, 7) is 0.648. The summed E-state index contributed by atoms with van der Waals surface area (Å²) in [5.74, 6) is -0.165. The lowest BCUT2D eigenvalue weighted by Gasteiger charge is -2.18. The molecule has 0 radical (unpaired) electrons. The molecule has 3 aromatic rings. The molecule has 0 bridgehead atoms. The molecule has 0 fully saturated rings. The number of benzene rings is 2. The van der Waals surface area contributed by atoms with Crippen molar-refractivity contribution in [2.24, 2.45) is 0 Å². The summed E-state index contributed by atoms with van der Waals surface area (Å²) in [5, 5.41) is 2.88. The van der Waals surface area contributed by atoms with Gasteiger partial charge in [-0.2, -0.15) is 0 Å². The fourth-order valence-corrected chi connectivity index (χ4v) is 3.11. The molecule has 2 aromatic carbocycles. The van der Waals surface area contributed by atoms with Gasteiger partial charge < -0.3 is 5.32 Å². The molecule has 120 valence electrons. The van der Waals surface area contributed by atoms with Gasteiger partial charge in [0.1, 0.15) is 5.82 Å². The maximum atomic E-state index is 14.3. The van der Waals surface area contributed by atoms with Crippen LogP contribution in [0.5, 0.6) is 0 Å². The van der Waals surface area contributed by atoms with E-state index in [0.717, 1.165) is 17.7 Å². The number of hydrogen-bond donors (Lipinski definition) is 1. The highest BCUT2D eigenvalue weighted by atomic mass is 35.5. The number of imidazole rings is 1. The number of carbonyl (C=O) groups excluding carboxylic acids is 1. The van der Waals surface area contributed by atoms with E-state index in [0.29, 0.717) is 23.5 Å². The van der Waals surface area contributed by atoms with E-state index in [1.807, 2.05) is 12.1 Å². The highest BCUT2D eigenvalue weighted by Gasteiger charge is 2.19. The molecule has 1 aliphatic rings. The zero-order valence-electron chi connectivity index (χ0n) is 12.6. The molecular weight excluding hydrogens is 329 g/mol. The number of nitrogens with one attached hydrogen (secondary N) is 1. The summed E-state index contributed by atoms with van der Waals surface area (Å²) in [7, 11) is 0. The van der Waals surface area contributed by atoms with E-state index >= 15 is 0 Å². The molecule has 4 nitrogen and oxygen atoms in total. The largest absolute Gasteiger partial charge is 0.352 e. The predicted octanol–water partition coefficient (Wildman–Crippen LogP) is 3.62. The molecule has 0 atom stereocenters. The first-order chi connectivity index (χ1) is 11.6. The highest BCUT2D eigenvalue weighted by molar-refractivity contribution is 6.31. The lowest BCUT2D eigenvalue weighted by Crippen LogP contribution is -2.31. The number of halogens is 2. The van der Waals surface area contributed by atoms with Crippen LogP contribution in [0, 0.1) is 5.82 Å². The fraction of sp³-hybridized carbons (Fsp3) is 0.111. The summed E-state index contributed by atoms with van der Waals surface area (Å²) in [6.07, 6.45) is 4.13. The van der Waals surface area contributed by atoms with Crippen molar-refractivity contribution in [2.75, 3.05) is 6.54 Å². The molecule has 0 unspecified atom stereocenters. The Hall–Kier alpha value is -2.66. The Morgan fingerprint density at radius 2 is 2.08 bits per heavy atom. The fourth-order valence-electron chi connectivity index (χ4n) is 2.94. The minimum Gasteiger partial charge on any atom is -0.352 e. The van der Waals surface area contributed by atoms with Gasteiger partial charge in [0.2, 0.25) is 0 Å². The predicted molar refractivity (Wildman–Crippen MR) is 90.0 cm³/mol. The maximum Gasteiger partial charge on any atom is 0.251 e. The van der Waals surface area contributed by atoms with E-state index in [-0.39, 0.29) is 10.9 Å². The molecule has 1 amide bonds. The Labute approximate surface area is 142 Å². The quantitative estimate of drug-likeness (QED) is 0.774. The second-order valence-corrected chi connectivity index (χ2v) is 5.98. The number of aromatic nitrogens is 2. The molecule has 0 saturated carbocycles. The number of rotatable bonds is 2. The molecule has 24 heavy (non-hydrogen) atoms. The zero-order chi connectivity index (χ0) is 16.7. The maximum absolute atomic E-state index is 14.3. The van der Waals surface area contributed by atoms with Gasteiger partial charge in [0.25, 0.3) is 5.91 Å². The number of nitrogens with zero attached hydrogens (tertiary/aromatic N) is 2. The van der Waals surface area contributed by atoms with Gasteiger partial charge in [-0.1, -0.05) is 23.7 Å². The van der Waals surface area contributed by atoms with Crippen molar-refractivity contribution >= 4 is 17.5 Å². The molecule has 2 heterocycles. The number of hydrogen-bond acceptors (Lipinski definition) is 2. The first-order valence-corrected chi connectivity index (χ1v) is 7.92. The van der Waals surface area contributed by atoms with Crippen LogP contribution in [0.25, 0.3) is 17.1 Å². The first kappa shape index (κ1) is 14.9. The Morgan fingerprint density at radius 1 is 1.21 bits per heavy atom. The van der Waals surface area contributed by atoms with E-state index in [1.165, 1.54) is 6.07 Å². The molecule has 1 N–H and O–H groups in total. The standard InChI is InChI=1S/C18H13ClFN3O/c19-15-3-1-2-13(16(15)20)17-21-8-9-23(17)12-5-4-11-6-7-22-18(24)14(11)10-12/h1-5,8-10H,6-7H2,(H,22,24). The van der Waals surface area contributed by atoms with Gasteiger partial charge in [-0.05, 0) is 36.2 Å². The average Bonchev–Trinajstić information content (AvgIpc) is 3.07. The number of carbonyl (C=O) groups is 1. The Bertz CT molecular complexity index is 951. The van der Waals surface area contributed by atoms with E-state index in [1.54, 1.807) is 35.2 Å². The van der Waals surface area contributed by atoms with Crippen LogP contribution in [0.4, 0.5) is 4.39 Å². The Kier molecular flexibility index (Phi) is 3.58. The SMILES string of the molecule is O=C1NCCc2ccc(-n3ccnc3-c3cccc(Cl)c3F)cc21. The molecule has 0 spiro atoms. The molecule has 1 aliphatic heterocycles. The summed E-state index contributed by atoms with van der Waals surface area (Å²) in [4.78, 5) is 16.3. The van der Waals surface area contributed by atoms with Crippen molar-refractivity contribution in [3.8, 4) is 17.1 Å². The monoisotopic (exact) mass is 341 g/mol. The van der Waals surface area contributed by atoms with Crippen molar-refractivity contribution in [1.82, 2.24) is 14.9 Å². The van der Waals surface area contributed by atoms with Gasteiger partial charge in [0.15, 0.2) is 5.82 Å². The zero-order valence-corrected chi connectivity index (χ0v) is 13.3. The summed E-state index contributed by atoms with van der Waals surface area (Å²) in [6, 6.07) is 10.5. The van der Waals surface area contributed by atoms with Crippen LogP contribution in [0.3, 0.4) is 0 Å². The van der Waals surface area contributed by atoms with Gasteiger partial charge in [-0.25, -0.2) is 9.37 Å². The van der Waals surface area contributed by atoms with Gasteiger partial charge in [0, 0.05) is 30.2 Å². The molecule has 4 rings (SSSR count). The van der Waals surface area contributed by atoms with Crippen LogP contribution in [-0.4, -0.2) is 22.0 Å². The van der Waals surface area contributed by atoms with E-state index in [2.05, 4.69) is 10.3 Å². The third kappa shape index (κ3) is 2.37. The van der Waals surface area contributed by atoms with Crippen LogP contribution in [0.2, 0.25) is 5.02 Å². The minimum atomic E-state index is -0.512. The van der Waals surface area contributed by atoms with Crippen LogP contribution >= 0.6 is 11.6 Å². The van der Waals surface area contributed by atoms with E-state index in [9.17, 15) is 9.18 Å². The van der Waals surface area contributed by atoms with Gasteiger partial charge >= 0.3 is 0 Å². The summed E-state index contributed by atoms with van der Waals surface area (Å²) < 4.78 is 16.1. The van der Waals surface area contributed by atoms with Crippen molar-refractivity contribution in [3.63, 3.8) is 0 Å². The third-order valence-corrected chi connectivity index (χ3v) is 4.42. The molecule has 1 aromatic heterocycles. The average molecular weight is 342 g/mol. The van der Waals surface area contributed by atoms with Crippen LogP contribution in [-0.2, 0) is 6.42 Å². The number of fused-ring (bicyclic) bond motifs is 1. The lowest BCUT2D eigenvalue weighted by molar-refractivity contribution is 0.0946. The summed E-state index contributed by atoms with van der Waals surface area (Å²) >= 11 is 5.88. The van der Waals surface area contributed by atoms with Gasteiger partial charge in [0.05, 0.1) is 10.6 Å². The second-order valence-electron chi connectivity index (χ2n) is 5.57. The van der Waals surface area contributed by atoms with Crippen LogP contribution < -0.4 is 5.32 Å². The first-order valence-electron chi connectivity index (χ1n) is 7.54. The van der Waals surface area contributed by atoms with Crippen molar-refractivity contribution in [3.05, 3.63) is 70.8 Å². The van der Waals surface area contributed by atoms with Crippen LogP contribution in [0.1, 0.15) is 15.9 Å². The van der Waals surface area contributed by atoms with Crippen LogP contribution in [0.15, 0.2) is 48.8 Å². The van der Waals surface area contributed by atoms with Crippen molar-refractivity contribution in [2.45, 2.75) is 6.42 Å². The van der Waals surface area contributed by atoms with Gasteiger partial charge in [-0.3, -0.25) is 9.36 Å².